The third-order valence-electron chi connectivity index (χ3n) is 4.72. The number of anilines is 3. The van der Waals surface area contributed by atoms with E-state index >= 15 is 0 Å². The van der Waals surface area contributed by atoms with Crippen LogP contribution < -0.4 is 16.0 Å². The highest BCUT2D eigenvalue weighted by Crippen LogP contribution is 2.31. The Balaban J connectivity index is 1.64. The number of carbonyl (C=O) groups excluding carboxylic acids is 3. The molecule has 0 saturated heterocycles. The van der Waals surface area contributed by atoms with Crippen molar-refractivity contribution in [2.45, 2.75) is 0 Å². The van der Waals surface area contributed by atoms with Crippen molar-refractivity contribution in [2.75, 3.05) is 16.0 Å². The highest BCUT2D eigenvalue weighted by Gasteiger charge is 2.36. The molecule has 3 N–H and O–H groups in total. The van der Waals surface area contributed by atoms with E-state index < -0.39 is 45.4 Å². The summed E-state index contributed by atoms with van der Waals surface area (Å²) in [7, 11) is 0. The molecular weight excluding hydrogens is 407 g/mol. The van der Waals surface area contributed by atoms with Gasteiger partial charge in [-0.05, 0) is 36.4 Å². The maximum atomic E-state index is 13.7. The fraction of sp³-hybridized carbons (Fsp3) is 0. The summed E-state index contributed by atoms with van der Waals surface area (Å²) in [5, 5.41) is 13.5. The van der Waals surface area contributed by atoms with Gasteiger partial charge >= 0.3 is 0 Å². The average molecular weight is 420 g/mol. The van der Waals surface area contributed by atoms with E-state index in [1.807, 2.05) is 0 Å². The van der Waals surface area contributed by atoms with Crippen LogP contribution in [-0.2, 0) is 0 Å². The largest absolute Gasteiger partial charge is 0.393 e. The number of rotatable bonds is 4. The average Bonchev–Trinajstić information content (AvgIpc) is 3.00. The summed E-state index contributed by atoms with van der Waals surface area (Å²) in [5.74, 6) is -2.89. The minimum Gasteiger partial charge on any atom is -0.393 e. The second kappa shape index (κ2) is 7.34. The molecule has 0 radical (unpaired) electrons. The van der Waals surface area contributed by atoms with Crippen LogP contribution in [0.25, 0.3) is 0 Å². The standard InChI is InChI=1S/C21H13FN4O5/c22-11-8-16(18(23)17(9-11)26(30)31)19(27)24-12-4-3-5-13(10-12)25-20(28)14-6-1-2-7-15(14)21(25)29/h1-10H,23H2,(H,24,27). The van der Waals surface area contributed by atoms with Crippen molar-refractivity contribution >= 4 is 40.5 Å². The molecule has 0 fully saturated rings. The summed E-state index contributed by atoms with van der Waals surface area (Å²) in [6.07, 6.45) is 0. The molecule has 4 rings (SSSR count). The number of carbonyl (C=O) groups is 3. The van der Waals surface area contributed by atoms with E-state index in [0.29, 0.717) is 6.07 Å². The van der Waals surface area contributed by atoms with Crippen LogP contribution in [0.2, 0.25) is 0 Å². The molecule has 0 bridgehead atoms. The Kier molecular flexibility index (Phi) is 4.66. The van der Waals surface area contributed by atoms with Crippen molar-refractivity contribution in [1.82, 2.24) is 0 Å². The Morgan fingerprint density at radius 3 is 2.26 bits per heavy atom. The summed E-state index contributed by atoms with van der Waals surface area (Å²) < 4.78 is 13.7. The van der Waals surface area contributed by atoms with Crippen LogP contribution in [0.15, 0.2) is 60.7 Å². The lowest BCUT2D eigenvalue weighted by Gasteiger charge is -2.15. The molecule has 0 aromatic heterocycles. The fourth-order valence-electron chi connectivity index (χ4n) is 3.29. The number of fused-ring (bicyclic) bond motifs is 1. The van der Waals surface area contributed by atoms with Gasteiger partial charge in [0.1, 0.15) is 11.5 Å². The summed E-state index contributed by atoms with van der Waals surface area (Å²) >= 11 is 0. The number of hydrogen-bond donors (Lipinski definition) is 2. The molecule has 0 saturated carbocycles. The Labute approximate surface area is 174 Å². The lowest BCUT2D eigenvalue weighted by Crippen LogP contribution is -2.29. The van der Waals surface area contributed by atoms with E-state index in [1.54, 1.807) is 24.3 Å². The molecule has 0 unspecified atom stereocenters. The van der Waals surface area contributed by atoms with Crippen LogP contribution in [-0.4, -0.2) is 22.6 Å². The number of benzene rings is 3. The maximum absolute atomic E-state index is 13.7. The van der Waals surface area contributed by atoms with Gasteiger partial charge in [0.2, 0.25) is 0 Å². The van der Waals surface area contributed by atoms with Gasteiger partial charge in [0.05, 0.1) is 33.4 Å². The van der Waals surface area contributed by atoms with E-state index in [2.05, 4.69) is 5.32 Å². The van der Waals surface area contributed by atoms with Gasteiger partial charge in [-0.1, -0.05) is 18.2 Å². The molecule has 9 nitrogen and oxygen atoms in total. The number of nitro benzene ring substituents is 1. The van der Waals surface area contributed by atoms with E-state index in [9.17, 15) is 28.9 Å². The van der Waals surface area contributed by atoms with Gasteiger partial charge in [-0.3, -0.25) is 24.5 Å². The molecule has 3 aromatic carbocycles. The third kappa shape index (κ3) is 3.35. The van der Waals surface area contributed by atoms with Crippen LogP contribution in [0.4, 0.5) is 27.1 Å². The molecule has 1 aliphatic heterocycles. The first-order valence-corrected chi connectivity index (χ1v) is 8.90. The van der Waals surface area contributed by atoms with Crippen LogP contribution in [0, 0.1) is 15.9 Å². The summed E-state index contributed by atoms with van der Waals surface area (Å²) in [6, 6.07) is 13.7. The predicted octanol–water partition coefficient (Wildman–Crippen LogP) is 3.37. The van der Waals surface area contributed by atoms with Gasteiger partial charge in [0.15, 0.2) is 0 Å². The Morgan fingerprint density at radius 2 is 1.65 bits per heavy atom. The van der Waals surface area contributed by atoms with Crippen LogP contribution in [0.3, 0.4) is 0 Å². The molecule has 0 spiro atoms. The van der Waals surface area contributed by atoms with Crippen LogP contribution in [0.5, 0.6) is 0 Å². The molecule has 0 aliphatic carbocycles. The first-order chi connectivity index (χ1) is 14.8. The summed E-state index contributed by atoms with van der Waals surface area (Å²) in [5.41, 5.74) is 4.93. The van der Waals surface area contributed by atoms with E-state index in [0.717, 1.165) is 11.0 Å². The molecule has 0 atom stereocenters. The number of imide groups is 1. The summed E-state index contributed by atoms with van der Waals surface area (Å²) in [6.45, 7) is 0. The van der Waals surface area contributed by atoms with Crippen molar-refractivity contribution in [3.63, 3.8) is 0 Å². The molecule has 154 valence electrons. The first kappa shape index (κ1) is 19.7. The van der Waals surface area contributed by atoms with E-state index in [-0.39, 0.29) is 22.5 Å². The number of amides is 3. The van der Waals surface area contributed by atoms with Gasteiger partial charge in [0, 0.05) is 5.69 Å². The normalized spacial score (nSPS) is 12.6. The third-order valence-corrected chi connectivity index (χ3v) is 4.72. The summed E-state index contributed by atoms with van der Waals surface area (Å²) in [4.78, 5) is 49.0. The minimum absolute atomic E-state index is 0.172. The zero-order chi connectivity index (χ0) is 22.3. The van der Waals surface area contributed by atoms with Crippen LogP contribution in [0.1, 0.15) is 31.1 Å². The van der Waals surface area contributed by atoms with E-state index in [1.165, 1.54) is 24.3 Å². The second-order valence-electron chi connectivity index (χ2n) is 6.64. The number of nitro groups is 1. The molecule has 3 aromatic rings. The van der Waals surface area contributed by atoms with Gasteiger partial charge in [-0.25, -0.2) is 9.29 Å². The maximum Gasteiger partial charge on any atom is 0.295 e. The monoisotopic (exact) mass is 420 g/mol. The van der Waals surface area contributed by atoms with E-state index in [4.69, 9.17) is 5.73 Å². The fourth-order valence-corrected chi connectivity index (χ4v) is 3.29. The number of nitrogen functional groups attached to an aromatic ring is 1. The number of nitrogens with zero attached hydrogens (tertiary/aromatic N) is 2. The van der Waals surface area contributed by atoms with Crippen molar-refractivity contribution in [2.24, 2.45) is 0 Å². The topological polar surface area (TPSA) is 136 Å². The van der Waals surface area contributed by atoms with Crippen molar-refractivity contribution < 1.29 is 23.7 Å². The molecule has 3 amide bonds. The van der Waals surface area contributed by atoms with Gasteiger partial charge in [-0.2, -0.15) is 0 Å². The zero-order valence-corrected chi connectivity index (χ0v) is 15.7. The van der Waals surface area contributed by atoms with Crippen molar-refractivity contribution in [3.05, 3.63) is 93.3 Å². The molecule has 31 heavy (non-hydrogen) atoms. The molecule has 1 aliphatic rings. The zero-order valence-electron chi connectivity index (χ0n) is 15.7. The number of nitrogens with two attached hydrogens (primary N) is 1. The minimum atomic E-state index is -0.995. The van der Waals surface area contributed by atoms with Gasteiger partial charge in [0.25, 0.3) is 23.4 Å². The quantitative estimate of drug-likeness (QED) is 0.287. The molecule has 1 heterocycles. The van der Waals surface area contributed by atoms with Crippen molar-refractivity contribution in [1.29, 1.82) is 0 Å². The second-order valence-corrected chi connectivity index (χ2v) is 6.64. The molecule has 10 heteroatoms. The number of halogens is 1. The Morgan fingerprint density at radius 1 is 1.00 bits per heavy atom. The SMILES string of the molecule is Nc1c(C(=O)Nc2cccc(N3C(=O)c4ccccc4C3=O)c2)cc(F)cc1[N+](=O)[O-]. The Hall–Kier alpha value is -4.60. The lowest BCUT2D eigenvalue weighted by molar-refractivity contribution is -0.384. The van der Waals surface area contributed by atoms with Gasteiger partial charge in [-0.15, -0.1) is 0 Å². The lowest BCUT2D eigenvalue weighted by atomic mass is 10.1. The Bertz CT molecular complexity index is 1260. The highest BCUT2D eigenvalue weighted by molar-refractivity contribution is 6.34. The highest BCUT2D eigenvalue weighted by atomic mass is 19.1. The number of nitrogens with one attached hydrogen (secondary N) is 1. The predicted molar refractivity (Wildman–Crippen MR) is 109 cm³/mol. The van der Waals surface area contributed by atoms with Gasteiger partial charge < -0.3 is 11.1 Å². The first-order valence-electron chi connectivity index (χ1n) is 8.90. The van der Waals surface area contributed by atoms with Crippen LogP contribution >= 0.6 is 0 Å². The van der Waals surface area contributed by atoms with Crippen molar-refractivity contribution in [3.8, 4) is 0 Å². The smallest absolute Gasteiger partial charge is 0.295 e. The molecular formula is C21H13FN4O5. The number of hydrogen-bond acceptors (Lipinski definition) is 6.